The maximum Gasteiger partial charge on any atom is 0.292 e. The number of primary amides is 1. The Bertz CT molecular complexity index is 503. The van der Waals surface area contributed by atoms with E-state index in [4.69, 9.17) is 5.73 Å². The minimum atomic E-state index is -0.633. The largest absolute Gasteiger partial charge is 0.391 e. The number of amides is 1. The molecule has 0 unspecified atom stereocenters. The van der Waals surface area contributed by atoms with Crippen LogP contribution in [0, 0.1) is 10.1 Å². The summed E-state index contributed by atoms with van der Waals surface area (Å²) in [4.78, 5) is 23.2. The van der Waals surface area contributed by atoms with E-state index in [1.165, 1.54) is 18.2 Å². The number of aliphatic hydroxyl groups excluding tert-OH is 1. The maximum atomic E-state index is 11.1. The van der Waals surface area contributed by atoms with Crippen LogP contribution in [0.2, 0.25) is 0 Å². The maximum absolute atomic E-state index is 11.1. The van der Waals surface area contributed by atoms with Crippen LogP contribution < -0.4 is 10.6 Å². The van der Waals surface area contributed by atoms with Gasteiger partial charge >= 0.3 is 0 Å². The van der Waals surface area contributed by atoms with Gasteiger partial charge in [-0.2, -0.15) is 0 Å². The lowest BCUT2D eigenvalue weighted by molar-refractivity contribution is -0.384. The lowest BCUT2D eigenvalue weighted by atomic mass is 10.1. The summed E-state index contributed by atoms with van der Waals surface area (Å²) in [7, 11) is 0. The summed E-state index contributed by atoms with van der Waals surface area (Å²) in [6, 6.07) is 4.00. The first-order valence-corrected chi connectivity index (χ1v) is 5.50. The predicted molar refractivity (Wildman–Crippen MR) is 64.5 cm³/mol. The fourth-order valence-electron chi connectivity index (χ4n) is 2.05. The Balaban J connectivity index is 2.44. The van der Waals surface area contributed by atoms with Gasteiger partial charge in [-0.25, -0.2) is 0 Å². The van der Waals surface area contributed by atoms with Crippen molar-refractivity contribution in [2.45, 2.75) is 12.5 Å². The van der Waals surface area contributed by atoms with Gasteiger partial charge < -0.3 is 15.7 Å². The summed E-state index contributed by atoms with van der Waals surface area (Å²) in [6.45, 7) is 0.841. The summed E-state index contributed by atoms with van der Waals surface area (Å²) in [5.74, 6) is -0.633. The molecule has 1 amide bonds. The Kier molecular flexibility index (Phi) is 3.15. The fraction of sp³-hybridized carbons (Fsp3) is 0.364. The first-order valence-electron chi connectivity index (χ1n) is 5.50. The fourth-order valence-corrected chi connectivity index (χ4v) is 2.05. The summed E-state index contributed by atoms with van der Waals surface area (Å²) >= 11 is 0. The van der Waals surface area contributed by atoms with Crippen molar-refractivity contribution in [1.29, 1.82) is 0 Å². The number of β-amino-alcohol motifs (C(OH)–C–C–N with tert-alkyl or cyclic N) is 1. The molecule has 0 aliphatic carbocycles. The highest BCUT2D eigenvalue weighted by Gasteiger charge is 2.27. The van der Waals surface area contributed by atoms with Crippen LogP contribution in [0.15, 0.2) is 18.2 Å². The Morgan fingerprint density at radius 1 is 1.56 bits per heavy atom. The van der Waals surface area contributed by atoms with Gasteiger partial charge in [-0.15, -0.1) is 0 Å². The number of hydrogen-bond acceptors (Lipinski definition) is 5. The molecular weight excluding hydrogens is 238 g/mol. The van der Waals surface area contributed by atoms with E-state index in [-0.39, 0.29) is 11.3 Å². The molecule has 0 aromatic heterocycles. The van der Waals surface area contributed by atoms with Crippen molar-refractivity contribution in [1.82, 2.24) is 0 Å². The van der Waals surface area contributed by atoms with Crippen LogP contribution in [-0.4, -0.2) is 35.1 Å². The Morgan fingerprint density at radius 3 is 2.78 bits per heavy atom. The monoisotopic (exact) mass is 251 g/mol. The molecule has 18 heavy (non-hydrogen) atoms. The minimum Gasteiger partial charge on any atom is -0.391 e. The van der Waals surface area contributed by atoms with Gasteiger partial charge in [0, 0.05) is 24.7 Å². The molecule has 1 atom stereocenters. The average Bonchev–Trinajstić information content (AvgIpc) is 2.74. The number of benzene rings is 1. The number of carbonyl (C=O) groups is 1. The standard InChI is InChI=1S/C11H13N3O4/c12-11(16)7-1-2-9(14(17)18)10(5-7)13-4-3-8(15)6-13/h1-2,5,8,15H,3-4,6H2,(H2,12,16)/t8-/m0/s1. The number of nitrogens with two attached hydrogens (primary N) is 1. The number of aliphatic hydroxyl groups is 1. The average molecular weight is 251 g/mol. The van der Waals surface area contributed by atoms with E-state index in [0.29, 0.717) is 25.2 Å². The Labute approximate surface area is 103 Å². The van der Waals surface area contributed by atoms with Crippen molar-refractivity contribution in [2.75, 3.05) is 18.0 Å². The van der Waals surface area contributed by atoms with E-state index >= 15 is 0 Å². The third-order valence-corrected chi connectivity index (χ3v) is 2.96. The van der Waals surface area contributed by atoms with Crippen LogP contribution in [0.4, 0.5) is 11.4 Å². The zero-order chi connectivity index (χ0) is 13.3. The molecule has 1 heterocycles. The van der Waals surface area contributed by atoms with E-state index in [9.17, 15) is 20.0 Å². The molecule has 0 bridgehead atoms. The van der Waals surface area contributed by atoms with E-state index in [1.807, 2.05) is 0 Å². The summed E-state index contributed by atoms with van der Waals surface area (Å²) in [6.07, 6.45) is 0.0552. The molecule has 0 spiro atoms. The van der Waals surface area contributed by atoms with Gasteiger partial charge in [0.05, 0.1) is 11.0 Å². The molecule has 1 fully saturated rings. The molecule has 1 aromatic rings. The van der Waals surface area contributed by atoms with Crippen molar-refractivity contribution in [3.05, 3.63) is 33.9 Å². The van der Waals surface area contributed by atoms with Crippen LogP contribution >= 0.6 is 0 Å². The lowest BCUT2D eigenvalue weighted by Crippen LogP contribution is -2.23. The Morgan fingerprint density at radius 2 is 2.28 bits per heavy atom. The number of nitrogens with zero attached hydrogens (tertiary/aromatic N) is 2. The molecule has 2 rings (SSSR count). The molecular formula is C11H13N3O4. The highest BCUT2D eigenvalue weighted by Crippen LogP contribution is 2.31. The number of hydrogen-bond donors (Lipinski definition) is 2. The third-order valence-electron chi connectivity index (χ3n) is 2.96. The number of carbonyl (C=O) groups excluding carboxylic acids is 1. The van der Waals surface area contributed by atoms with Gasteiger partial charge in [0.15, 0.2) is 0 Å². The van der Waals surface area contributed by atoms with E-state index in [1.54, 1.807) is 4.90 Å². The molecule has 1 aliphatic rings. The number of nitro groups is 1. The third kappa shape index (κ3) is 2.25. The van der Waals surface area contributed by atoms with Crippen LogP contribution in [-0.2, 0) is 0 Å². The van der Waals surface area contributed by atoms with Gasteiger partial charge in [0.1, 0.15) is 5.69 Å². The van der Waals surface area contributed by atoms with E-state index in [0.717, 1.165) is 0 Å². The molecule has 7 nitrogen and oxygen atoms in total. The molecule has 3 N–H and O–H groups in total. The molecule has 0 radical (unpaired) electrons. The summed E-state index contributed by atoms with van der Waals surface area (Å²) in [5.41, 5.74) is 5.62. The highest BCUT2D eigenvalue weighted by atomic mass is 16.6. The Hall–Kier alpha value is -2.15. The molecule has 1 aliphatic heterocycles. The van der Waals surface area contributed by atoms with Crippen molar-refractivity contribution in [2.24, 2.45) is 5.73 Å². The summed E-state index contributed by atoms with van der Waals surface area (Å²) in [5, 5.41) is 20.4. The van der Waals surface area contributed by atoms with Crippen LogP contribution in [0.5, 0.6) is 0 Å². The molecule has 1 saturated heterocycles. The molecule has 7 heteroatoms. The SMILES string of the molecule is NC(=O)c1ccc([N+](=O)[O-])c(N2CC[C@H](O)C2)c1. The van der Waals surface area contributed by atoms with E-state index < -0.39 is 16.9 Å². The van der Waals surface area contributed by atoms with Crippen LogP contribution in [0.25, 0.3) is 0 Å². The number of nitro benzene ring substituents is 1. The first kappa shape index (κ1) is 12.3. The van der Waals surface area contributed by atoms with E-state index in [2.05, 4.69) is 0 Å². The van der Waals surface area contributed by atoms with Crippen LogP contribution in [0.3, 0.4) is 0 Å². The summed E-state index contributed by atoms with van der Waals surface area (Å²) < 4.78 is 0. The predicted octanol–water partition coefficient (Wildman–Crippen LogP) is 0.265. The normalized spacial score (nSPS) is 18.9. The smallest absolute Gasteiger partial charge is 0.292 e. The zero-order valence-corrected chi connectivity index (χ0v) is 9.57. The van der Waals surface area contributed by atoms with Crippen molar-refractivity contribution < 1.29 is 14.8 Å². The van der Waals surface area contributed by atoms with Gasteiger partial charge in [0.25, 0.3) is 5.69 Å². The molecule has 0 saturated carbocycles. The minimum absolute atomic E-state index is 0.0888. The number of rotatable bonds is 3. The first-order chi connectivity index (χ1) is 8.49. The number of anilines is 1. The highest BCUT2D eigenvalue weighted by molar-refractivity contribution is 5.94. The van der Waals surface area contributed by atoms with Crippen molar-refractivity contribution in [3.8, 4) is 0 Å². The van der Waals surface area contributed by atoms with Crippen molar-refractivity contribution >= 4 is 17.3 Å². The second kappa shape index (κ2) is 4.61. The van der Waals surface area contributed by atoms with Gasteiger partial charge in [-0.1, -0.05) is 0 Å². The second-order valence-electron chi connectivity index (χ2n) is 4.21. The van der Waals surface area contributed by atoms with Crippen molar-refractivity contribution in [3.63, 3.8) is 0 Å². The van der Waals surface area contributed by atoms with Gasteiger partial charge in [0.2, 0.25) is 5.91 Å². The zero-order valence-electron chi connectivity index (χ0n) is 9.57. The quantitative estimate of drug-likeness (QED) is 0.591. The van der Waals surface area contributed by atoms with Gasteiger partial charge in [-0.3, -0.25) is 14.9 Å². The topological polar surface area (TPSA) is 110 Å². The molecule has 96 valence electrons. The lowest BCUT2D eigenvalue weighted by Gasteiger charge is -2.18. The van der Waals surface area contributed by atoms with Gasteiger partial charge in [-0.05, 0) is 18.6 Å². The second-order valence-corrected chi connectivity index (χ2v) is 4.21. The van der Waals surface area contributed by atoms with Crippen LogP contribution in [0.1, 0.15) is 16.8 Å². The molecule has 1 aromatic carbocycles.